The van der Waals surface area contributed by atoms with Gasteiger partial charge in [-0.15, -0.1) is 0 Å². The maximum atomic E-state index is 12.7. The van der Waals surface area contributed by atoms with Crippen LogP contribution in [0.4, 0.5) is 0 Å². The number of hydrogen-bond donors (Lipinski definition) is 1. The summed E-state index contributed by atoms with van der Waals surface area (Å²) in [4.78, 5) is 25.4. The van der Waals surface area contributed by atoms with Crippen LogP contribution < -0.4 is 14.9 Å². The molecule has 0 radical (unpaired) electrons. The van der Waals surface area contributed by atoms with E-state index in [-0.39, 0.29) is 0 Å². The zero-order valence-electron chi connectivity index (χ0n) is 20.1. The van der Waals surface area contributed by atoms with Crippen molar-refractivity contribution in [3.05, 3.63) is 120 Å². The van der Waals surface area contributed by atoms with Gasteiger partial charge in [-0.3, -0.25) is 4.79 Å². The van der Waals surface area contributed by atoms with Gasteiger partial charge in [-0.25, -0.2) is 10.2 Å². The number of esters is 1. The van der Waals surface area contributed by atoms with Crippen LogP contribution in [0.2, 0.25) is 0 Å². The lowest BCUT2D eigenvalue weighted by molar-refractivity contribution is -0.127. The molecule has 1 N–H and O–H groups in total. The predicted molar refractivity (Wildman–Crippen MR) is 145 cm³/mol. The minimum atomic E-state index is -0.786. The van der Waals surface area contributed by atoms with E-state index in [2.05, 4.69) is 10.5 Å². The maximum Gasteiger partial charge on any atom is 0.343 e. The van der Waals surface area contributed by atoms with E-state index in [0.29, 0.717) is 22.6 Å². The summed E-state index contributed by atoms with van der Waals surface area (Å²) < 4.78 is 11.6. The van der Waals surface area contributed by atoms with Gasteiger partial charge in [0.15, 0.2) is 6.10 Å². The topological polar surface area (TPSA) is 77.0 Å². The van der Waals surface area contributed by atoms with Gasteiger partial charge in [0.2, 0.25) is 0 Å². The van der Waals surface area contributed by atoms with E-state index in [1.165, 1.54) is 6.21 Å². The summed E-state index contributed by atoms with van der Waals surface area (Å²) in [5.41, 5.74) is 3.55. The molecule has 0 saturated carbocycles. The molecular formula is C31H24N2O4. The smallest absolute Gasteiger partial charge is 0.343 e. The highest BCUT2D eigenvalue weighted by Gasteiger charge is 2.16. The Morgan fingerprint density at radius 3 is 2.16 bits per heavy atom. The Balaban J connectivity index is 1.35. The third kappa shape index (κ3) is 5.33. The molecule has 5 aromatic rings. The Morgan fingerprint density at radius 2 is 1.38 bits per heavy atom. The molecule has 0 saturated heterocycles. The second-order valence-electron chi connectivity index (χ2n) is 8.43. The van der Waals surface area contributed by atoms with Crippen LogP contribution in [0.3, 0.4) is 0 Å². The van der Waals surface area contributed by atoms with Crippen LogP contribution in [0.15, 0.2) is 114 Å². The van der Waals surface area contributed by atoms with Gasteiger partial charge in [0.1, 0.15) is 11.5 Å². The second kappa shape index (κ2) is 10.7. The summed E-state index contributed by atoms with van der Waals surface area (Å²) in [6.07, 6.45) is 0.698. The van der Waals surface area contributed by atoms with E-state index in [1.54, 1.807) is 37.3 Å². The van der Waals surface area contributed by atoms with E-state index in [9.17, 15) is 9.59 Å². The third-order valence-corrected chi connectivity index (χ3v) is 5.93. The minimum absolute atomic E-state index is 0.339. The molecule has 0 aliphatic heterocycles. The number of carbonyl (C=O) groups is 2. The van der Waals surface area contributed by atoms with E-state index < -0.39 is 18.0 Å². The highest BCUT2D eigenvalue weighted by molar-refractivity contribution is 6.04. The van der Waals surface area contributed by atoms with Crippen molar-refractivity contribution in [3.63, 3.8) is 0 Å². The maximum absolute atomic E-state index is 12.7. The molecule has 5 aromatic carbocycles. The number of rotatable bonds is 7. The molecule has 182 valence electrons. The molecule has 0 aliphatic rings. The fourth-order valence-electron chi connectivity index (χ4n) is 4.02. The SMILES string of the molecule is CC(Oc1cccc2ccccc12)C(=O)N/N=C/c1c(OC(=O)c2ccccc2)ccc2ccccc12. The van der Waals surface area contributed by atoms with Gasteiger partial charge in [0.25, 0.3) is 5.91 Å². The number of hydrazone groups is 1. The number of carbonyl (C=O) groups excluding carboxylic acids is 2. The Bertz CT molecular complexity index is 1610. The van der Waals surface area contributed by atoms with Gasteiger partial charge in [-0.1, -0.05) is 84.9 Å². The van der Waals surface area contributed by atoms with Crippen molar-refractivity contribution in [1.82, 2.24) is 5.43 Å². The predicted octanol–water partition coefficient (Wildman–Crippen LogP) is 6.13. The summed E-state index contributed by atoms with van der Waals surface area (Å²) in [6, 6.07) is 33.6. The average Bonchev–Trinajstić information content (AvgIpc) is 2.94. The van der Waals surface area contributed by atoms with Crippen molar-refractivity contribution in [1.29, 1.82) is 0 Å². The monoisotopic (exact) mass is 488 g/mol. The minimum Gasteiger partial charge on any atom is -0.480 e. The van der Waals surface area contributed by atoms with Crippen LogP contribution in [0.1, 0.15) is 22.8 Å². The number of hydrogen-bond acceptors (Lipinski definition) is 5. The van der Waals surface area contributed by atoms with Crippen molar-refractivity contribution in [2.45, 2.75) is 13.0 Å². The molecule has 0 bridgehead atoms. The van der Waals surface area contributed by atoms with Crippen LogP contribution in [0.25, 0.3) is 21.5 Å². The summed E-state index contributed by atoms with van der Waals surface area (Å²) in [5.74, 6) is 0.0680. The van der Waals surface area contributed by atoms with Gasteiger partial charge in [0, 0.05) is 10.9 Å². The number of nitrogens with zero attached hydrogens (tertiary/aromatic N) is 1. The van der Waals surface area contributed by atoms with Crippen LogP contribution in [-0.4, -0.2) is 24.2 Å². The first-order valence-corrected chi connectivity index (χ1v) is 11.9. The lowest BCUT2D eigenvalue weighted by Crippen LogP contribution is -2.33. The summed E-state index contributed by atoms with van der Waals surface area (Å²) in [7, 11) is 0. The first kappa shape index (κ1) is 23.8. The lowest BCUT2D eigenvalue weighted by atomic mass is 10.0. The first-order valence-electron chi connectivity index (χ1n) is 11.9. The fourth-order valence-corrected chi connectivity index (χ4v) is 4.02. The first-order chi connectivity index (χ1) is 18.1. The molecule has 1 unspecified atom stereocenters. The fraction of sp³-hybridized carbons (Fsp3) is 0.0645. The quantitative estimate of drug-likeness (QED) is 0.129. The third-order valence-electron chi connectivity index (χ3n) is 5.93. The second-order valence-corrected chi connectivity index (χ2v) is 8.43. The van der Waals surface area contributed by atoms with E-state index in [1.807, 2.05) is 78.9 Å². The molecule has 0 heterocycles. The molecule has 37 heavy (non-hydrogen) atoms. The normalized spacial score (nSPS) is 11.9. The largest absolute Gasteiger partial charge is 0.480 e. The van der Waals surface area contributed by atoms with Gasteiger partial charge in [-0.2, -0.15) is 5.10 Å². The molecule has 0 fully saturated rings. The summed E-state index contributed by atoms with van der Waals surface area (Å²) in [6.45, 7) is 1.66. The number of nitrogens with one attached hydrogen (secondary N) is 1. The molecule has 0 aliphatic carbocycles. The van der Waals surface area contributed by atoms with Gasteiger partial charge < -0.3 is 9.47 Å². The van der Waals surface area contributed by atoms with Crippen LogP contribution >= 0.6 is 0 Å². The van der Waals surface area contributed by atoms with Crippen molar-refractivity contribution >= 4 is 39.6 Å². The standard InChI is InChI=1S/C31H24N2O4/c1-21(36-28-17-9-14-22-10-6-8-16-26(22)28)30(34)33-32-20-27-25-15-7-5-11-23(25)18-19-29(27)37-31(35)24-12-3-2-4-13-24/h2-21H,1H3,(H,33,34)/b32-20+. The summed E-state index contributed by atoms with van der Waals surface area (Å²) in [5, 5.41) is 7.89. The molecule has 0 spiro atoms. The molecule has 1 amide bonds. The Hall–Kier alpha value is -4.97. The Kier molecular flexibility index (Phi) is 6.90. The zero-order chi connectivity index (χ0) is 25.6. The Labute approximate surface area is 214 Å². The van der Waals surface area contributed by atoms with Crippen molar-refractivity contribution in [2.75, 3.05) is 0 Å². The van der Waals surface area contributed by atoms with Gasteiger partial charge >= 0.3 is 5.97 Å². The molecule has 1 atom stereocenters. The highest BCUT2D eigenvalue weighted by atomic mass is 16.5. The van der Waals surface area contributed by atoms with Crippen molar-refractivity contribution in [2.24, 2.45) is 5.10 Å². The molecule has 5 rings (SSSR count). The van der Waals surface area contributed by atoms with Gasteiger partial charge in [-0.05, 0) is 47.3 Å². The van der Waals surface area contributed by atoms with E-state index in [0.717, 1.165) is 21.5 Å². The molecule has 0 aromatic heterocycles. The van der Waals surface area contributed by atoms with E-state index in [4.69, 9.17) is 9.47 Å². The molecular weight excluding hydrogens is 464 g/mol. The van der Waals surface area contributed by atoms with Crippen molar-refractivity contribution in [3.8, 4) is 11.5 Å². The molecule has 6 nitrogen and oxygen atoms in total. The molecule has 6 heteroatoms. The summed E-state index contributed by atoms with van der Waals surface area (Å²) >= 11 is 0. The van der Waals surface area contributed by atoms with E-state index >= 15 is 0 Å². The van der Waals surface area contributed by atoms with Crippen LogP contribution in [0.5, 0.6) is 11.5 Å². The number of ether oxygens (including phenoxy) is 2. The van der Waals surface area contributed by atoms with Crippen molar-refractivity contribution < 1.29 is 19.1 Å². The van der Waals surface area contributed by atoms with Gasteiger partial charge in [0.05, 0.1) is 11.8 Å². The zero-order valence-corrected chi connectivity index (χ0v) is 20.1. The number of fused-ring (bicyclic) bond motifs is 2. The Morgan fingerprint density at radius 1 is 0.730 bits per heavy atom. The van der Waals surface area contributed by atoms with Crippen LogP contribution in [-0.2, 0) is 4.79 Å². The number of amides is 1. The lowest BCUT2D eigenvalue weighted by Gasteiger charge is -2.15. The van der Waals surface area contributed by atoms with Crippen LogP contribution in [0, 0.1) is 0 Å². The average molecular weight is 489 g/mol. The highest BCUT2D eigenvalue weighted by Crippen LogP contribution is 2.28. The number of benzene rings is 5.